The largest absolute Gasteiger partial charge is 0.351 e. The maximum absolute atomic E-state index is 12.2. The lowest BCUT2D eigenvalue weighted by Gasteiger charge is -2.28. The predicted octanol–water partition coefficient (Wildman–Crippen LogP) is 2.19. The summed E-state index contributed by atoms with van der Waals surface area (Å²) in [6.07, 6.45) is 3.60. The van der Waals surface area contributed by atoms with E-state index in [4.69, 9.17) is 0 Å². The van der Waals surface area contributed by atoms with E-state index in [0.29, 0.717) is 12.1 Å². The monoisotopic (exact) mass is 300 g/mol. The molecule has 0 unspecified atom stereocenters. The zero-order valence-electron chi connectivity index (χ0n) is 13.7. The van der Waals surface area contributed by atoms with Crippen LogP contribution in [-0.2, 0) is 0 Å². The topological polar surface area (TPSA) is 50.2 Å². The quantitative estimate of drug-likeness (QED) is 0.889. The Hall–Kier alpha value is -2.14. The van der Waals surface area contributed by atoms with Crippen molar-refractivity contribution in [1.82, 2.24) is 20.0 Å². The van der Waals surface area contributed by atoms with Gasteiger partial charge in [0, 0.05) is 31.0 Å². The van der Waals surface area contributed by atoms with E-state index in [0.717, 1.165) is 12.2 Å². The van der Waals surface area contributed by atoms with Crippen LogP contribution in [0.3, 0.4) is 0 Å². The summed E-state index contributed by atoms with van der Waals surface area (Å²) < 4.78 is 1.77. The first kappa shape index (κ1) is 16.2. The number of benzene rings is 1. The first-order chi connectivity index (χ1) is 10.4. The van der Waals surface area contributed by atoms with E-state index in [-0.39, 0.29) is 11.3 Å². The van der Waals surface area contributed by atoms with Gasteiger partial charge in [-0.3, -0.25) is 4.79 Å². The Kier molecular flexibility index (Phi) is 4.98. The molecule has 5 nitrogen and oxygen atoms in total. The molecular formula is C17H24N4O. The molecule has 0 saturated heterocycles. The third kappa shape index (κ3) is 4.43. The Balaban J connectivity index is 1.96. The van der Waals surface area contributed by atoms with Crippen LogP contribution in [0.4, 0.5) is 0 Å². The van der Waals surface area contributed by atoms with Gasteiger partial charge in [-0.05, 0) is 49.8 Å². The van der Waals surface area contributed by atoms with Crippen molar-refractivity contribution in [3.8, 4) is 5.69 Å². The Morgan fingerprint density at radius 2 is 1.95 bits per heavy atom. The average Bonchev–Trinajstić information content (AvgIpc) is 2.98. The summed E-state index contributed by atoms with van der Waals surface area (Å²) in [6.45, 7) is 5.86. The van der Waals surface area contributed by atoms with Gasteiger partial charge in [0.1, 0.15) is 0 Å². The van der Waals surface area contributed by atoms with E-state index in [1.54, 1.807) is 10.9 Å². The van der Waals surface area contributed by atoms with E-state index in [9.17, 15) is 4.79 Å². The molecule has 1 aromatic carbocycles. The Bertz CT molecular complexity index is 600. The van der Waals surface area contributed by atoms with Crippen molar-refractivity contribution in [2.75, 3.05) is 27.2 Å². The van der Waals surface area contributed by atoms with Crippen molar-refractivity contribution >= 4 is 5.91 Å². The Labute approximate surface area is 131 Å². The molecule has 22 heavy (non-hydrogen) atoms. The predicted molar refractivity (Wildman–Crippen MR) is 88.2 cm³/mol. The van der Waals surface area contributed by atoms with Gasteiger partial charge in [-0.1, -0.05) is 13.8 Å². The van der Waals surface area contributed by atoms with E-state index in [2.05, 4.69) is 29.2 Å². The molecule has 0 aliphatic rings. The van der Waals surface area contributed by atoms with Gasteiger partial charge in [-0.2, -0.15) is 5.10 Å². The average molecular weight is 300 g/mol. The zero-order chi connectivity index (χ0) is 16.2. The van der Waals surface area contributed by atoms with E-state index in [1.165, 1.54) is 0 Å². The second kappa shape index (κ2) is 6.75. The van der Waals surface area contributed by atoms with Crippen LogP contribution in [-0.4, -0.2) is 47.8 Å². The molecule has 0 aliphatic carbocycles. The van der Waals surface area contributed by atoms with Crippen molar-refractivity contribution in [3.63, 3.8) is 0 Å². The van der Waals surface area contributed by atoms with Crippen LogP contribution >= 0.6 is 0 Å². The van der Waals surface area contributed by atoms with Crippen molar-refractivity contribution in [2.45, 2.75) is 13.8 Å². The number of nitrogens with one attached hydrogen (secondary N) is 1. The summed E-state index contributed by atoms with van der Waals surface area (Å²) in [5.41, 5.74) is 1.64. The number of rotatable bonds is 6. The molecular weight excluding hydrogens is 276 g/mol. The van der Waals surface area contributed by atoms with Gasteiger partial charge in [-0.25, -0.2) is 4.68 Å². The number of hydrogen-bond acceptors (Lipinski definition) is 3. The fourth-order valence-electron chi connectivity index (χ4n) is 2.52. The van der Waals surface area contributed by atoms with E-state index in [1.807, 2.05) is 50.6 Å². The van der Waals surface area contributed by atoms with Gasteiger partial charge >= 0.3 is 0 Å². The molecule has 0 bridgehead atoms. The lowest BCUT2D eigenvalue weighted by Crippen LogP contribution is -2.39. The van der Waals surface area contributed by atoms with E-state index < -0.39 is 0 Å². The summed E-state index contributed by atoms with van der Waals surface area (Å²) in [6, 6.07) is 9.31. The molecule has 0 aliphatic heterocycles. The second-order valence-electron chi connectivity index (χ2n) is 6.58. The second-order valence-corrected chi connectivity index (χ2v) is 6.58. The normalized spacial score (nSPS) is 11.7. The molecule has 2 rings (SSSR count). The SMILES string of the molecule is CN(C)CC(C)(C)CNC(=O)c1ccc(-n2cccn2)cc1. The van der Waals surface area contributed by atoms with Crippen LogP contribution in [0.5, 0.6) is 0 Å². The molecule has 1 aromatic heterocycles. The lowest BCUT2D eigenvalue weighted by molar-refractivity contribution is 0.0929. The molecule has 2 aromatic rings. The number of hydrogen-bond donors (Lipinski definition) is 1. The number of aromatic nitrogens is 2. The highest BCUT2D eigenvalue weighted by Crippen LogP contribution is 2.15. The first-order valence-electron chi connectivity index (χ1n) is 7.40. The Morgan fingerprint density at radius 1 is 1.27 bits per heavy atom. The molecule has 1 heterocycles. The molecule has 118 valence electrons. The molecule has 1 N–H and O–H groups in total. The van der Waals surface area contributed by atoms with Gasteiger partial charge in [0.15, 0.2) is 0 Å². The molecule has 0 radical (unpaired) electrons. The van der Waals surface area contributed by atoms with Crippen LogP contribution in [0.1, 0.15) is 24.2 Å². The molecule has 0 saturated carbocycles. The minimum absolute atomic E-state index is 0.0359. The minimum atomic E-state index is -0.0427. The molecule has 1 amide bonds. The summed E-state index contributed by atoms with van der Waals surface area (Å²) in [5, 5.41) is 7.18. The smallest absolute Gasteiger partial charge is 0.251 e. The van der Waals surface area contributed by atoms with Crippen molar-refractivity contribution in [2.24, 2.45) is 5.41 Å². The molecule has 0 atom stereocenters. The van der Waals surface area contributed by atoms with Gasteiger partial charge in [-0.15, -0.1) is 0 Å². The minimum Gasteiger partial charge on any atom is -0.351 e. The van der Waals surface area contributed by atoms with Gasteiger partial charge in [0.05, 0.1) is 5.69 Å². The number of amides is 1. The standard InChI is InChI=1S/C17H24N4O/c1-17(2,13-20(3)4)12-18-16(22)14-6-8-15(9-7-14)21-11-5-10-19-21/h5-11H,12-13H2,1-4H3,(H,18,22). The molecule has 0 spiro atoms. The molecule has 0 fully saturated rings. The fourth-order valence-corrected chi connectivity index (χ4v) is 2.52. The highest BCUT2D eigenvalue weighted by atomic mass is 16.1. The van der Waals surface area contributed by atoms with Crippen LogP contribution in [0, 0.1) is 5.41 Å². The van der Waals surface area contributed by atoms with E-state index >= 15 is 0 Å². The summed E-state index contributed by atoms with van der Waals surface area (Å²) >= 11 is 0. The van der Waals surface area contributed by atoms with Crippen LogP contribution < -0.4 is 5.32 Å². The van der Waals surface area contributed by atoms with Gasteiger partial charge < -0.3 is 10.2 Å². The first-order valence-corrected chi connectivity index (χ1v) is 7.40. The zero-order valence-corrected chi connectivity index (χ0v) is 13.7. The number of nitrogens with zero attached hydrogens (tertiary/aromatic N) is 3. The molecule has 5 heteroatoms. The summed E-state index contributed by atoms with van der Waals surface area (Å²) in [4.78, 5) is 14.4. The van der Waals surface area contributed by atoms with Crippen LogP contribution in [0.25, 0.3) is 5.69 Å². The van der Waals surface area contributed by atoms with Gasteiger partial charge in [0.25, 0.3) is 5.91 Å². The maximum atomic E-state index is 12.2. The van der Waals surface area contributed by atoms with Gasteiger partial charge in [0.2, 0.25) is 0 Å². The van der Waals surface area contributed by atoms with Crippen LogP contribution in [0.2, 0.25) is 0 Å². The number of carbonyl (C=O) groups excluding carboxylic acids is 1. The lowest BCUT2D eigenvalue weighted by atomic mass is 9.93. The van der Waals surface area contributed by atoms with Crippen molar-refractivity contribution < 1.29 is 4.79 Å². The highest BCUT2D eigenvalue weighted by molar-refractivity contribution is 5.94. The third-order valence-electron chi connectivity index (χ3n) is 3.37. The highest BCUT2D eigenvalue weighted by Gasteiger charge is 2.20. The summed E-state index contributed by atoms with van der Waals surface area (Å²) in [5.74, 6) is -0.0427. The fraction of sp³-hybridized carbons (Fsp3) is 0.412. The van der Waals surface area contributed by atoms with Crippen molar-refractivity contribution in [1.29, 1.82) is 0 Å². The summed E-state index contributed by atoms with van der Waals surface area (Å²) in [7, 11) is 4.08. The third-order valence-corrected chi connectivity index (χ3v) is 3.37. The maximum Gasteiger partial charge on any atom is 0.251 e. The Morgan fingerprint density at radius 3 is 2.50 bits per heavy atom. The van der Waals surface area contributed by atoms with Crippen molar-refractivity contribution in [3.05, 3.63) is 48.3 Å². The van der Waals surface area contributed by atoms with Crippen LogP contribution in [0.15, 0.2) is 42.7 Å². The number of carbonyl (C=O) groups is 1.